The van der Waals surface area contributed by atoms with Crippen LogP contribution in [0.1, 0.15) is 37.0 Å². The summed E-state index contributed by atoms with van der Waals surface area (Å²) in [6, 6.07) is 11.8. The lowest BCUT2D eigenvalue weighted by Crippen LogP contribution is -2.23. The third kappa shape index (κ3) is 5.58. The number of nitrogens with one attached hydrogen (secondary N) is 2. The van der Waals surface area contributed by atoms with Crippen molar-refractivity contribution in [2.45, 2.75) is 41.0 Å². The van der Waals surface area contributed by atoms with Gasteiger partial charge in [-0.2, -0.15) is 0 Å². The molecule has 0 saturated heterocycles. The van der Waals surface area contributed by atoms with Crippen molar-refractivity contribution in [3.63, 3.8) is 0 Å². The number of anilines is 3. The zero-order valence-electron chi connectivity index (χ0n) is 16.8. The van der Waals surface area contributed by atoms with E-state index in [-0.39, 0.29) is 18.2 Å². The highest BCUT2D eigenvalue weighted by Crippen LogP contribution is 2.23. The fourth-order valence-corrected chi connectivity index (χ4v) is 2.98. The molecule has 0 fully saturated rings. The topological polar surface area (TPSA) is 61.4 Å². The van der Waals surface area contributed by atoms with Crippen molar-refractivity contribution >= 4 is 28.9 Å². The fraction of sp³-hybridized carbons (Fsp3) is 0.364. The van der Waals surface area contributed by atoms with Crippen molar-refractivity contribution in [2.24, 2.45) is 0 Å². The van der Waals surface area contributed by atoms with Crippen LogP contribution in [0, 0.1) is 20.8 Å². The minimum absolute atomic E-state index is 0.218. The van der Waals surface area contributed by atoms with Gasteiger partial charge in [-0.25, -0.2) is 0 Å². The molecule has 0 spiro atoms. The Hall–Kier alpha value is -2.82. The van der Waals surface area contributed by atoms with Crippen LogP contribution in [0.15, 0.2) is 36.4 Å². The van der Waals surface area contributed by atoms with Crippen LogP contribution in [-0.2, 0) is 9.59 Å². The smallest absolute Gasteiger partial charge is 0.233 e. The number of carbonyl (C=O) groups is 2. The van der Waals surface area contributed by atoms with Crippen LogP contribution in [0.4, 0.5) is 17.1 Å². The molecule has 2 aromatic carbocycles. The first-order chi connectivity index (χ1) is 12.8. The number of hydrogen-bond acceptors (Lipinski definition) is 3. The summed E-state index contributed by atoms with van der Waals surface area (Å²) in [5, 5.41) is 5.65. The SMILES string of the molecule is CCN(CC)c1ccc(NC(=O)CC(=O)Nc2cc(C)ccc2C)c(C)c1. The van der Waals surface area contributed by atoms with Gasteiger partial charge in [0.15, 0.2) is 0 Å². The number of aryl methyl sites for hydroxylation is 3. The Kier molecular flexibility index (Phi) is 6.99. The summed E-state index contributed by atoms with van der Waals surface area (Å²) in [5.41, 5.74) is 5.61. The Morgan fingerprint density at radius 1 is 0.815 bits per heavy atom. The molecule has 2 N–H and O–H groups in total. The van der Waals surface area contributed by atoms with Gasteiger partial charge in [0.1, 0.15) is 6.42 Å². The van der Waals surface area contributed by atoms with Gasteiger partial charge in [-0.3, -0.25) is 9.59 Å². The lowest BCUT2D eigenvalue weighted by Gasteiger charge is -2.22. The average molecular weight is 367 g/mol. The Bertz CT molecular complexity index is 826. The number of hydrogen-bond donors (Lipinski definition) is 2. The summed E-state index contributed by atoms with van der Waals surface area (Å²) in [7, 11) is 0. The summed E-state index contributed by atoms with van der Waals surface area (Å²) in [4.78, 5) is 26.7. The van der Waals surface area contributed by atoms with Crippen molar-refractivity contribution in [2.75, 3.05) is 28.6 Å². The third-order valence-corrected chi connectivity index (χ3v) is 4.60. The maximum absolute atomic E-state index is 12.3. The highest BCUT2D eigenvalue weighted by atomic mass is 16.2. The third-order valence-electron chi connectivity index (χ3n) is 4.60. The monoisotopic (exact) mass is 367 g/mol. The van der Waals surface area contributed by atoms with Crippen LogP contribution in [0.3, 0.4) is 0 Å². The van der Waals surface area contributed by atoms with Gasteiger partial charge in [0, 0.05) is 30.2 Å². The van der Waals surface area contributed by atoms with E-state index in [9.17, 15) is 9.59 Å². The Balaban J connectivity index is 1.99. The Morgan fingerprint density at radius 2 is 1.44 bits per heavy atom. The number of benzene rings is 2. The largest absolute Gasteiger partial charge is 0.372 e. The average Bonchev–Trinajstić information content (AvgIpc) is 2.61. The normalized spacial score (nSPS) is 10.4. The molecule has 2 aromatic rings. The molecule has 5 heteroatoms. The van der Waals surface area contributed by atoms with Crippen molar-refractivity contribution < 1.29 is 9.59 Å². The molecule has 0 bridgehead atoms. The van der Waals surface area contributed by atoms with E-state index < -0.39 is 0 Å². The molecular formula is C22H29N3O2. The molecular weight excluding hydrogens is 338 g/mol. The molecule has 0 aliphatic heterocycles. The van der Waals surface area contributed by atoms with Crippen LogP contribution in [0.5, 0.6) is 0 Å². The van der Waals surface area contributed by atoms with E-state index in [1.807, 2.05) is 51.1 Å². The van der Waals surface area contributed by atoms with Crippen molar-refractivity contribution in [3.8, 4) is 0 Å². The molecule has 0 radical (unpaired) electrons. The Labute approximate surface area is 161 Å². The van der Waals surface area contributed by atoms with Crippen molar-refractivity contribution in [1.29, 1.82) is 0 Å². The zero-order chi connectivity index (χ0) is 20.0. The molecule has 0 aliphatic rings. The van der Waals surface area contributed by atoms with Crippen LogP contribution in [-0.4, -0.2) is 24.9 Å². The Morgan fingerprint density at radius 3 is 2.04 bits per heavy atom. The summed E-state index contributed by atoms with van der Waals surface area (Å²) in [6.07, 6.45) is -0.218. The van der Waals surface area contributed by atoms with Gasteiger partial charge in [0.05, 0.1) is 0 Å². The van der Waals surface area contributed by atoms with E-state index in [0.29, 0.717) is 0 Å². The van der Waals surface area contributed by atoms with Gasteiger partial charge in [-0.1, -0.05) is 12.1 Å². The van der Waals surface area contributed by atoms with Crippen molar-refractivity contribution in [3.05, 3.63) is 53.1 Å². The first-order valence-corrected chi connectivity index (χ1v) is 9.36. The molecule has 5 nitrogen and oxygen atoms in total. The van der Waals surface area contributed by atoms with Gasteiger partial charge in [-0.05, 0) is 75.6 Å². The van der Waals surface area contributed by atoms with E-state index in [2.05, 4.69) is 35.4 Å². The minimum atomic E-state index is -0.323. The van der Waals surface area contributed by atoms with E-state index >= 15 is 0 Å². The van der Waals surface area contributed by atoms with E-state index in [1.54, 1.807) is 0 Å². The lowest BCUT2D eigenvalue weighted by molar-refractivity contribution is -0.123. The van der Waals surface area contributed by atoms with E-state index in [4.69, 9.17) is 0 Å². The quantitative estimate of drug-likeness (QED) is 0.712. The number of nitrogens with zero attached hydrogens (tertiary/aromatic N) is 1. The van der Waals surface area contributed by atoms with Gasteiger partial charge >= 0.3 is 0 Å². The molecule has 0 heterocycles. The molecule has 2 rings (SSSR count). The van der Waals surface area contributed by atoms with Crippen LogP contribution in [0.25, 0.3) is 0 Å². The summed E-state index contributed by atoms with van der Waals surface area (Å²) >= 11 is 0. The molecule has 0 saturated carbocycles. The highest BCUT2D eigenvalue weighted by Gasteiger charge is 2.13. The van der Waals surface area contributed by atoms with E-state index in [0.717, 1.165) is 46.8 Å². The first-order valence-electron chi connectivity index (χ1n) is 9.36. The molecule has 0 atom stereocenters. The zero-order valence-corrected chi connectivity index (χ0v) is 16.8. The summed E-state index contributed by atoms with van der Waals surface area (Å²) in [5.74, 6) is -0.643. The predicted molar refractivity (Wildman–Crippen MR) is 113 cm³/mol. The number of amides is 2. The lowest BCUT2D eigenvalue weighted by atomic mass is 10.1. The molecule has 0 aliphatic carbocycles. The van der Waals surface area contributed by atoms with Gasteiger partial charge < -0.3 is 15.5 Å². The maximum Gasteiger partial charge on any atom is 0.233 e. The van der Waals surface area contributed by atoms with E-state index in [1.165, 1.54) is 0 Å². The van der Waals surface area contributed by atoms with Crippen LogP contribution in [0.2, 0.25) is 0 Å². The highest BCUT2D eigenvalue weighted by molar-refractivity contribution is 6.08. The molecule has 2 amide bonds. The second kappa shape index (κ2) is 9.21. The first kappa shape index (κ1) is 20.5. The molecule has 144 valence electrons. The number of rotatable bonds is 7. The molecule has 0 aromatic heterocycles. The summed E-state index contributed by atoms with van der Waals surface area (Å²) in [6.45, 7) is 11.9. The van der Waals surface area contributed by atoms with Crippen LogP contribution >= 0.6 is 0 Å². The summed E-state index contributed by atoms with van der Waals surface area (Å²) < 4.78 is 0. The maximum atomic E-state index is 12.3. The minimum Gasteiger partial charge on any atom is -0.372 e. The fourth-order valence-electron chi connectivity index (χ4n) is 2.98. The molecule has 27 heavy (non-hydrogen) atoms. The van der Waals surface area contributed by atoms with Gasteiger partial charge in [0.2, 0.25) is 11.8 Å². The van der Waals surface area contributed by atoms with Crippen molar-refractivity contribution in [1.82, 2.24) is 0 Å². The van der Waals surface area contributed by atoms with Gasteiger partial charge in [0.25, 0.3) is 0 Å². The van der Waals surface area contributed by atoms with Crippen LogP contribution < -0.4 is 15.5 Å². The molecule has 0 unspecified atom stereocenters. The predicted octanol–water partition coefficient (Wildman–Crippen LogP) is 4.43. The van der Waals surface area contributed by atoms with Gasteiger partial charge in [-0.15, -0.1) is 0 Å². The number of carbonyl (C=O) groups excluding carboxylic acids is 2. The second-order valence-corrected chi connectivity index (χ2v) is 6.76. The second-order valence-electron chi connectivity index (χ2n) is 6.76. The standard InChI is InChI=1S/C22H29N3O2/c1-6-25(7-2)18-10-11-19(17(5)13-18)23-21(26)14-22(27)24-20-12-15(3)8-9-16(20)4/h8-13H,6-7,14H2,1-5H3,(H,23,26)(H,24,27).